The third-order valence-electron chi connectivity index (χ3n) is 1.90. The number of ether oxygens (including phenoxy) is 1. The summed E-state index contributed by atoms with van der Waals surface area (Å²) in [6, 6.07) is 0. The van der Waals surface area contributed by atoms with Crippen LogP contribution in [0.2, 0.25) is 0 Å². The van der Waals surface area contributed by atoms with Gasteiger partial charge in [0.2, 0.25) is 0 Å². The van der Waals surface area contributed by atoms with E-state index in [0.717, 1.165) is 0 Å². The second-order valence-corrected chi connectivity index (χ2v) is 3.28. The molecule has 7 heteroatoms. The lowest BCUT2D eigenvalue weighted by Crippen LogP contribution is -2.59. The van der Waals surface area contributed by atoms with Crippen molar-refractivity contribution in [3.05, 3.63) is 0 Å². The molecule has 0 aromatic rings. The van der Waals surface area contributed by atoms with Crippen LogP contribution in [0.1, 0.15) is 0 Å². The molecule has 1 rings (SSSR count). The van der Waals surface area contributed by atoms with Crippen molar-refractivity contribution in [1.29, 1.82) is 0 Å². The van der Waals surface area contributed by atoms with E-state index in [4.69, 9.17) is 32.0 Å². The van der Waals surface area contributed by atoms with Crippen LogP contribution in [0.5, 0.6) is 0 Å². The summed E-state index contributed by atoms with van der Waals surface area (Å²) < 4.78 is 4.56. The third-order valence-corrected chi connectivity index (χ3v) is 2.14. The van der Waals surface area contributed by atoms with E-state index in [1.165, 1.54) is 0 Å². The molecule has 13 heavy (non-hydrogen) atoms. The molecule has 1 aliphatic heterocycles. The monoisotopic (exact) mass is 214 g/mol. The van der Waals surface area contributed by atoms with Crippen molar-refractivity contribution in [2.75, 3.05) is 0 Å². The van der Waals surface area contributed by atoms with Gasteiger partial charge in [0.25, 0.3) is 0 Å². The summed E-state index contributed by atoms with van der Waals surface area (Å²) in [5, 5.41) is 45.2. The van der Waals surface area contributed by atoms with E-state index in [1.54, 1.807) is 0 Å². The van der Waals surface area contributed by atoms with Crippen molar-refractivity contribution >= 4 is 11.6 Å². The van der Waals surface area contributed by atoms with Crippen LogP contribution in [0.25, 0.3) is 0 Å². The summed E-state index contributed by atoms with van der Waals surface area (Å²) >= 11 is 5.20. The first-order valence-corrected chi connectivity index (χ1v) is 4.08. The Morgan fingerprint density at radius 3 is 2.00 bits per heavy atom. The zero-order valence-corrected chi connectivity index (χ0v) is 7.24. The number of halogens is 1. The predicted molar refractivity (Wildman–Crippen MR) is 40.8 cm³/mol. The molecule has 0 saturated carbocycles. The van der Waals surface area contributed by atoms with E-state index >= 15 is 0 Å². The van der Waals surface area contributed by atoms with E-state index in [2.05, 4.69) is 4.74 Å². The van der Waals surface area contributed by atoms with Crippen LogP contribution in [-0.2, 0) is 4.74 Å². The molecule has 1 heterocycles. The van der Waals surface area contributed by atoms with Crippen LogP contribution in [0.15, 0.2) is 0 Å². The number of alkyl halides is 1. The van der Waals surface area contributed by atoms with E-state index in [1.807, 2.05) is 0 Å². The summed E-state index contributed by atoms with van der Waals surface area (Å²) in [5.74, 6) is 0. The maximum Gasteiger partial charge on any atom is 0.184 e. The Morgan fingerprint density at radius 2 is 1.54 bits per heavy atom. The van der Waals surface area contributed by atoms with Crippen molar-refractivity contribution in [2.24, 2.45) is 0 Å². The van der Waals surface area contributed by atoms with Crippen LogP contribution in [0.4, 0.5) is 0 Å². The quantitative estimate of drug-likeness (QED) is 0.305. The number of hydrogen-bond acceptors (Lipinski definition) is 6. The molecule has 0 spiro atoms. The molecule has 5 N–H and O–H groups in total. The van der Waals surface area contributed by atoms with Crippen LogP contribution in [0.3, 0.4) is 0 Å². The van der Waals surface area contributed by atoms with Crippen LogP contribution in [-0.4, -0.2) is 61.8 Å². The standard InChI is InChI=1S/C6H11ClO6/c7-5(11)4-2(9)1(8)3(10)6(12)13-4/h1-6,8-12H/t1-,2+,3+,4-,5?,6-/m0/s1. The van der Waals surface area contributed by atoms with Gasteiger partial charge in [-0.15, -0.1) is 0 Å². The van der Waals surface area contributed by atoms with Crippen LogP contribution >= 0.6 is 11.6 Å². The first-order valence-electron chi connectivity index (χ1n) is 3.65. The molecule has 0 aromatic heterocycles. The Balaban J connectivity index is 2.70. The average Bonchev–Trinajstić information content (AvgIpc) is 2.07. The highest BCUT2D eigenvalue weighted by Gasteiger charge is 2.45. The molecule has 0 amide bonds. The number of rotatable bonds is 1. The van der Waals surface area contributed by atoms with Crippen LogP contribution in [0, 0.1) is 0 Å². The fraction of sp³-hybridized carbons (Fsp3) is 1.00. The molecule has 1 saturated heterocycles. The van der Waals surface area contributed by atoms with Gasteiger partial charge in [-0.2, -0.15) is 0 Å². The van der Waals surface area contributed by atoms with Gasteiger partial charge in [-0.05, 0) is 0 Å². The second-order valence-electron chi connectivity index (χ2n) is 2.84. The summed E-state index contributed by atoms with van der Waals surface area (Å²) in [6.45, 7) is 0. The van der Waals surface area contributed by atoms with Gasteiger partial charge in [-0.25, -0.2) is 0 Å². The highest BCUT2D eigenvalue weighted by atomic mass is 35.5. The summed E-state index contributed by atoms with van der Waals surface area (Å²) in [7, 11) is 0. The molecular formula is C6H11ClO6. The zero-order chi connectivity index (χ0) is 10.2. The van der Waals surface area contributed by atoms with Crippen molar-refractivity contribution in [1.82, 2.24) is 0 Å². The SMILES string of the molecule is OC(Cl)[C@H]1O[C@H](O)[C@H](O)[C@@H](O)[C@H]1O. The van der Waals surface area contributed by atoms with E-state index in [9.17, 15) is 5.11 Å². The lowest BCUT2D eigenvalue weighted by molar-refractivity contribution is -0.290. The Labute approximate surface area is 78.9 Å². The first kappa shape index (κ1) is 11.1. The molecule has 1 fully saturated rings. The fourth-order valence-electron chi connectivity index (χ4n) is 1.11. The Bertz CT molecular complexity index is 177. The molecule has 0 aromatic carbocycles. The predicted octanol–water partition coefficient (Wildman–Crippen LogP) is -2.66. The van der Waals surface area contributed by atoms with Gasteiger partial charge in [-0.3, -0.25) is 0 Å². The van der Waals surface area contributed by atoms with Crippen molar-refractivity contribution in [3.8, 4) is 0 Å². The van der Waals surface area contributed by atoms with Gasteiger partial charge in [0.15, 0.2) is 11.9 Å². The third kappa shape index (κ3) is 2.10. The molecule has 0 bridgehead atoms. The lowest BCUT2D eigenvalue weighted by atomic mass is 9.99. The van der Waals surface area contributed by atoms with Crippen molar-refractivity contribution < 1.29 is 30.3 Å². The largest absolute Gasteiger partial charge is 0.387 e. The van der Waals surface area contributed by atoms with Gasteiger partial charge >= 0.3 is 0 Å². The van der Waals surface area contributed by atoms with Gasteiger partial charge in [-0.1, -0.05) is 11.6 Å². The minimum absolute atomic E-state index is 1.32. The average molecular weight is 215 g/mol. The fourth-order valence-corrected chi connectivity index (χ4v) is 1.32. The number of aliphatic hydroxyl groups excluding tert-OH is 5. The maximum absolute atomic E-state index is 9.21. The summed E-state index contributed by atoms with van der Waals surface area (Å²) in [4.78, 5) is 0. The molecular weight excluding hydrogens is 204 g/mol. The van der Waals surface area contributed by atoms with Gasteiger partial charge < -0.3 is 30.3 Å². The minimum atomic E-state index is -1.67. The molecule has 1 aliphatic rings. The van der Waals surface area contributed by atoms with Crippen LogP contribution < -0.4 is 0 Å². The lowest BCUT2D eigenvalue weighted by Gasteiger charge is -2.38. The Hall–Kier alpha value is 0.0500. The summed E-state index contributed by atoms with van der Waals surface area (Å²) in [6.07, 6.45) is -7.73. The summed E-state index contributed by atoms with van der Waals surface area (Å²) in [5.41, 5.74) is -1.56. The molecule has 6 atom stereocenters. The normalized spacial score (nSPS) is 48.9. The van der Waals surface area contributed by atoms with E-state index in [0.29, 0.717) is 0 Å². The van der Waals surface area contributed by atoms with E-state index in [-0.39, 0.29) is 0 Å². The Morgan fingerprint density at radius 1 is 1.00 bits per heavy atom. The van der Waals surface area contributed by atoms with E-state index < -0.39 is 36.3 Å². The smallest absolute Gasteiger partial charge is 0.184 e. The molecule has 1 unspecified atom stereocenters. The maximum atomic E-state index is 9.21. The molecule has 6 nitrogen and oxygen atoms in total. The molecule has 0 aliphatic carbocycles. The first-order chi connectivity index (χ1) is 5.95. The highest BCUT2D eigenvalue weighted by Crippen LogP contribution is 2.23. The molecule has 78 valence electrons. The second kappa shape index (κ2) is 4.05. The Kier molecular flexibility index (Phi) is 3.47. The highest BCUT2D eigenvalue weighted by molar-refractivity contribution is 6.19. The number of hydrogen-bond donors (Lipinski definition) is 5. The van der Waals surface area contributed by atoms with Crippen molar-refractivity contribution in [2.45, 2.75) is 36.3 Å². The zero-order valence-electron chi connectivity index (χ0n) is 6.49. The van der Waals surface area contributed by atoms with Gasteiger partial charge in [0.1, 0.15) is 24.4 Å². The molecule has 0 radical (unpaired) electrons. The number of aliphatic hydroxyl groups is 5. The minimum Gasteiger partial charge on any atom is -0.387 e. The van der Waals surface area contributed by atoms with Crippen molar-refractivity contribution in [3.63, 3.8) is 0 Å². The topological polar surface area (TPSA) is 110 Å². The van der Waals surface area contributed by atoms with Gasteiger partial charge in [0, 0.05) is 0 Å². The van der Waals surface area contributed by atoms with Gasteiger partial charge in [0.05, 0.1) is 0 Å².